The van der Waals surface area contributed by atoms with Crippen molar-refractivity contribution in [1.82, 2.24) is 0 Å². The van der Waals surface area contributed by atoms with Crippen molar-refractivity contribution in [3.05, 3.63) is 96.6 Å². The molecule has 0 saturated heterocycles. The second-order valence-corrected chi connectivity index (χ2v) is 7.78. The highest BCUT2D eigenvalue weighted by Gasteiger charge is 2.10. The summed E-state index contributed by atoms with van der Waals surface area (Å²) in [7, 11) is 0. The van der Waals surface area contributed by atoms with Crippen LogP contribution < -0.4 is 0 Å². The molecule has 1 aromatic heterocycles. The Morgan fingerprint density at radius 3 is 2.15 bits per heavy atom. The lowest BCUT2D eigenvalue weighted by atomic mass is 9.97. The van der Waals surface area contributed by atoms with Crippen LogP contribution in [-0.4, -0.2) is 0 Å². The van der Waals surface area contributed by atoms with Gasteiger partial charge >= 0.3 is 0 Å². The van der Waals surface area contributed by atoms with Gasteiger partial charge in [0, 0.05) is 20.2 Å². The van der Waals surface area contributed by atoms with Gasteiger partial charge in [-0.15, -0.1) is 11.3 Å². The Morgan fingerprint density at radius 1 is 0.577 bits per heavy atom. The van der Waals surface area contributed by atoms with E-state index in [4.69, 9.17) is 0 Å². The first-order valence-electron chi connectivity index (χ1n) is 8.87. The zero-order chi connectivity index (χ0) is 17.5. The molecule has 124 valence electrons. The van der Waals surface area contributed by atoms with Gasteiger partial charge in [-0.25, -0.2) is 0 Å². The lowest BCUT2D eigenvalue weighted by Crippen LogP contribution is -1.82. The number of fused-ring (bicyclic) bond motifs is 3. The summed E-state index contributed by atoms with van der Waals surface area (Å²) in [5, 5.41) is 2.70. The molecule has 0 atom stereocenters. The summed E-state index contributed by atoms with van der Waals surface area (Å²) in [5.74, 6) is 0. The Labute approximate surface area is 157 Å². The number of thiophene rings is 1. The highest BCUT2D eigenvalue weighted by atomic mass is 32.1. The molecule has 5 rings (SSSR count). The Bertz CT molecular complexity index is 1240. The average molecular weight is 350 g/mol. The predicted molar refractivity (Wildman–Crippen MR) is 115 cm³/mol. The van der Waals surface area contributed by atoms with Gasteiger partial charge in [0.15, 0.2) is 0 Å². The summed E-state index contributed by atoms with van der Waals surface area (Å²) in [6, 6.07) is 32.9. The number of benzene rings is 4. The summed E-state index contributed by atoms with van der Waals surface area (Å²) < 4.78 is 2.72. The molecule has 0 bridgehead atoms. The van der Waals surface area contributed by atoms with Gasteiger partial charge in [-0.1, -0.05) is 84.4 Å². The molecule has 4 aromatic carbocycles. The van der Waals surface area contributed by atoms with Crippen LogP contribution in [-0.2, 0) is 0 Å². The van der Waals surface area contributed by atoms with E-state index in [1.54, 1.807) is 0 Å². The fourth-order valence-corrected chi connectivity index (χ4v) is 4.90. The molecule has 1 heterocycles. The van der Waals surface area contributed by atoms with Crippen LogP contribution >= 0.6 is 11.3 Å². The quantitative estimate of drug-likeness (QED) is 0.306. The van der Waals surface area contributed by atoms with E-state index in [0.717, 1.165) is 0 Å². The van der Waals surface area contributed by atoms with Gasteiger partial charge in [0.1, 0.15) is 0 Å². The molecule has 0 aliphatic carbocycles. The topological polar surface area (TPSA) is 0 Å². The fraction of sp³-hybridized carbons (Fsp3) is 0.0400. The minimum Gasteiger partial charge on any atom is -0.135 e. The van der Waals surface area contributed by atoms with Gasteiger partial charge in [-0.05, 0) is 41.3 Å². The molecular formula is C25H18S. The lowest BCUT2D eigenvalue weighted by Gasteiger charge is -2.08. The number of aryl methyl sites for hydroxylation is 1. The van der Waals surface area contributed by atoms with Gasteiger partial charge < -0.3 is 0 Å². The number of rotatable bonds is 2. The molecule has 0 aliphatic heterocycles. The summed E-state index contributed by atoms with van der Waals surface area (Å²) >= 11 is 1.89. The molecule has 0 N–H and O–H groups in total. The predicted octanol–water partition coefficient (Wildman–Crippen LogP) is 7.70. The van der Waals surface area contributed by atoms with Crippen LogP contribution in [0.1, 0.15) is 5.56 Å². The smallest absolute Gasteiger partial charge is 0.0433 e. The van der Waals surface area contributed by atoms with E-state index in [9.17, 15) is 0 Å². The van der Waals surface area contributed by atoms with Crippen LogP contribution in [0.25, 0.3) is 42.4 Å². The molecule has 0 radical (unpaired) electrons. The van der Waals surface area contributed by atoms with E-state index >= 15 is 0 Å². The number of hydrogen-bond donors (Lipinski definition) is 0. The lowest BCUT2D eigenvalue weighted by molar-refractivity contribution is 1.47. The summed E-state index contributed by atoms with van der Waals surface area (Å²) in [5.41, 5.74) is 6.43. The molecule has 1 heteroatoms. The Hall–Kier alpha value is -2.90. The molecule has 0 nitrogen and oxygen atoms in total. The van der Waals surface area contributed by atoms with Crippen LogP contribution in [0.15, 0.2) is 91.0 Å². The van der Waals surface area contributed by atoms with Crippen molar-refractivity contribution in [3.8, 4) is 22.3 Å². The van der Waals surface area contributed by atoms with Crippen LogP contribution in [0, 0.1) is 6.92 Å². The standard InChI is InChI=1S/C25H18S/c1-17-7-4-8-18(15-17)19-9-5-10-20(16-19)21-12-6-13-23-22-11-2-3-14-24(22)26-25(21)23/h2-16H,1H3. The summed E-state index contributed by atoms with van der Waals surface area (Å²) in [6.45, 7) is 2.14. The van der Waals surface area contributed by atoms with Crippen molar-refractivity contribution < 1.29 is 0 Å². The first kappa shape index (κ1) is 15.4. The normalized spacial score (nSPS) is 11.3. The second-order valence-electron chi connectivity index (χ2n) is 6.73. The molecule has 26 heavy (non-hydrogen) atoms. The molecule has 0 fully saturated rings. The maximum atomic E-state index is 2.31. The third-order valence-electron chi connectivity index (χ3n) is 4.93. The third kappa shape index (κ3) is 2.53. The van der Waals surface area contributed by atoms with Crippen LogP contribution in [0.3, 0.4) is 0 Å². The SMILES string of the molecule is Cc1cccc(-c2cccc(-c3cccc4c3sc3ccccc34)c2)c1. The maximum Gasteiger partial charge on any atom is 0.0433 e. The minimum atomic E-state index is 1.27. The molecule has 0 aliphatic rings. The highest BCUT2D eigenvalue weighted by molar-refractivity contribution is 7.26. The zero-order valence-corrected chi connectivity index (χ0v) is 15.4. The van der Waals surface area contributed by atoms with E-state index in [1.807, 2.05) is 11.3 Å². The molecule has 5 aromatic rings. The van der Waals surface area contributed by atoms with Crippen LogP contribution in [0.2, 0.25) is 0 Å². The van der Waals surface area contributed by atoms with E-state index in [-0.39, 0.29) is 0 Å². The van der Waals surface area contributed by atoms with Crippen LogP contribution in [0.4, 0.5) is 0 Å². The van der Waals surface area contributed by atoms with Gasteiger partial charge in [0.05, 0.1) is 0 Å². The maximum absolute atomic E-state index is 2.31. The van der Waals surface area contributed by atoms with Crippen molar-refractivity contribution in [3.63, 3.8) is 0 Å². The molecule has 0 unspecified atom stereocenters. The van der Waals surface area contributed by atoms with Crippen LogP contribution in [0.5, 0.6) is 0 Å². The van der Waals surface area contributed by atoms with Gasteiger partial charge in [0.25, 0.3) is 0 Å². The molecular weight excluding hydrogens is 332 g/mol. The summed E-state index contributed by atoms with van der Waals surface area (Å²) in [6.07, 6.45) is 0. The first-order chi connectivity index (χ1) is 12.8. The van der Waals surface area contributed by atoms with Gasteiger partial charge in [-0.3, -0.25) is 0 Å². The van der Waals surface area contributed by atoms with Crippen molar-refractivity contribution in [2.24, 2.45) is 0 Å². The zero-order valence-electron chi connectivity index (χ0n) is 14.6. The average Bonchev–Trinajstić information content (AvgIpc) is 3.07. The van der Waals surface area contributed by atoms with Crippen molar-refractivity contribution in [1.29, 1.82) is 0 Å². The minimum absolute atomic E-state index is 1.27. The Balaban J connectivity index is 1.72. The molecule has 0 saturated carbocycles. The Kier molecular flexibility index (Phi) is 3.62. The summed E-state index contributed by atoms with van der Waals surface area (Å²) in [4.78, 5) is 0. The van der Waals surface area contributed by atoms with E-state index < -0.39 is 0 Å². The molecule has 0 amide bonds. The highest BCUT2D eigenvalue weighted by Crippen LogP contribution is 2.40. The third-order valence-corrected chi connectivity index (χ3v) is 6.15. The van der Waals surface area contributed by atoms with E-state index in [0.29, 0.717) is 0 Å². The largest absolute Gasteiger partial charge is 0.135 e. The van der Waals surface area contributed by atoms with Gasteiger partial charge in [0.2, 0.25) is 0 Å². The van der Waals surface area contributed by atoms with Gasteiger partial charge in [-0.2, -0.15) is 0 Å². The number of hydrogen-bond acceptors (Lipinski definition) is 1. The monoisotopic (exact) mass is 350 g/mol. The van der Waals surface area contributed by atoms with E-state index in [2.05, 4.69) is 97.9 Å². The van der Waals surface area contributed by atoms with Crippen molar-refractivity contribution in [2.75, 3.05) is 0 Å². The van der Waals surface area contributed by atoms with E-state index in [1.165, 1.54) is 48.0 Å². The fourth-order valence-electron chi connectivity index (χ4n) is 3.67. The van der Waals surface area contributed by atoms with Crippen molar-refractivity contribution >= 4 is 31.5 Å². The van der Waals surface area contributed by atoms with Crippen molar-refractivity contribution in [2.45, 2.75) is 6.92 Å². The second kappa shape index (κ2) is 6.12. The molecule has 0 spiro atoms. The Morgan fingerprint density at radius 2 is 1.27 bits per heavy atom. The first-order valence-corrected chi connectivity index (χ1v) is 9.69.